The number of carbonyl (C=O) groups excluding carboxylic acids is 2. The Balaban J connectivity index is 1.72. The van der Waals surface area contributed by atoms with Gasteiger partial charge in [-0.05, 0) is 42.8 Å². The smallest absolute Gasteiger partial charge is 0.229 e. The summed E-state index contributed by atoms with van der Waals surface area (Å²) >= 11 is 6.07. The minimum absolute atomic E-state index is 0.128. The van der Waals surface area contributed by atoms with Crippen LogP contribution in [-0.4, -0.2) is 18.4 Å². The fourth-order valence-electron chi connectivity index (χ4n) is 2.79. The van der Waals surface area contributed by atoms with Crippen LogP contribution in [0.1, 0.15) is 17.5 Å². The molecule has 0 aromatic heterocycles. The van der Waals surface area contributed by atoms with Crippen molar-refractivity contribution in [3.8, 4) is 6.07 Å². The Kier molecular flexibility index (Phi) is 4.73. The van der Waals surface area contributed by atoms with Gasteiger partial charge in [0.15, 0.2) is 0 Å². The molecule has 1 atom stereocenters. The lowest BCUT2D eigenvalue weighted by molar-refractivity contribution is -0.122. The zero-order valence-electron chi connectivity index (χ0n) is 13.6. The van der Waals surface area contributed by atoms with E-state index in [0.29, 0.717) is 28.5 Å². The van der Waals surface area contributed by atoms with Crippen LogP contribution in [0.4, 0.5) is 11.4 Å². The summed E-state index contributed by atoms with van der Waals surface area (Å²) < 4.78 is 0. The summed E-state index contributed by atoms with van der Waals surface area (Å²) in [6.45, 7) is 2.18. The van der Waals surface area contributed by atoms with Crippen LogP contribution < -0.4 is 10.2 Å². The van der Waals surface area contributed by atoms with Gasteiger partial charge in [-0.3, -0.25) is 9.59 Å². The van der Waals surface area contributed by atoms with Crippen LogP contribution in [-0.2, 0) is 9.59 Å². The summed E-state index contributed by atoms with van der Waals surface area (Å²) in [6.07, 6.45) is 0.141. The third-order valence-corrected chi connectivity index (χ3v) is 4.63. The van der Waals surface area contributed by atoms with E-state index >= 15 is 0 Å². The first-order valence-corrected chi connectivity index (χ1v) is 8.23. The number of hydrogen-bond acceptors (Lipinski definition) is 3. The minimum Gasteiger partial charge on any atom is -0.326 e. The molecule has 0 bridgehead atoms. The molecule has 1 heterocycles. The number of rotatable bonds is 3. The predicted octanol–water partition coefficient (Wildman–Crippen LogP) is 3.51. The number of nitrogens with zero attached hydrogens (tertiary/aromatic N) is 2. The molecule has 5 nitrogen and oxygen atoms in total. The van der Waals surface area contributed by atoms with Gasteiger partial charge in [0.1, 0.15) is 0 Å². The maximum atomic E-state index is 12.5. The van der Waals surface area contributed by atoms with Crippen LogP contribution in [0.3, 0.4) is 0 Å². The van der Waals surface area contributed by atoms with Crippen LogP contribution in [0.2, 0.25) is 5.02 Å². The van der Waals surface area contributed by atoms with Gasteiger partial charge in [-0.25, -0.2) is 0 Å². The molecule has 0 radical (unpaired) electrons. The first-order valence-electron chi connectivity index (χ1n) is 7.85. The van der Waals surface area contributed by atoms with Crippen molar-refractivity contribution >= 4 is 34.8 Å². The summed E-state index contributed by atoms with van der Waals surface area (Å²) in [6, 6.07) is 14.2. The fourth-order valence-corrected chi connectivity index (χ4v) is 2.97. The standard InChI is InChI=1S/C19H16ClN3O2/c1-12-5-6-15(9-17(12)20)22-19(25)14-8-18(24)23(11-14)16-4-2-3-13(7-16)10-21/h2-7,9,14H,8,11H2,1H3,(H,22,25). The number of anilines is 2. The Bertz CT molecular complexity index is 888. The predicted molar refractivity (Wildman–Crippen MR) is 96.4 cm³/mol. The van der Waals surface area contributed by atoms with Crippen molar-refractivity contribution < 1.29 is 9.59 Å². The van der Waals surface area contributed by atoms with E-state index in [1.54, 1.807) is 41.3 Å². The van der Waals surface area contributed by atoms with Crippen molar-refractivity contribution in [1.29, 1.82) is 5.26 Å². The highest BCUT2D eigenvalue weighted by molar-refractivity contribution is 6.31. The summed E-state index contributed by atoms with van der Waals surface area (Å²) in [5, 5.41) is 12.4. The maximum absolute atomic E-state index is 12.5. The van der Waals surface area contributed by atoms with Gasteiger partial charge in [0.25, 0.3) is 0 Å². The molecule has 1 aliphatic heterocycles. The average molecular weight is 354 g/mol. The number of aryl methyl sites for hydroxylation is 1. The SMILES string of the molecule is Cc1ccc(NC(=O)C2CC(=O)N(c3cccc(C#N)c3)C2)cc1Cl. The van der Waals surface area contributed by atoms with Crippen molar-refractivity contribution in [1.82, 2.24) is 0 Å². The molecule has 1 fully saturated rings. The monoisotopic (exact) mass is 353 g/mol. The summed E-state index contributed by atoms with van der Waals surface area (Å²) in [5.41, 5.74) is 2.66. The van der Waals surface area contributed by atoms with E-state index < -0.39 is 5.92 Å². The van der Waals surface area contributed by atoms with E-state index in [1.807, 2.05) is 13.0 Å². The zero-order chi connectivity index (χ0) is 18.0. The van der Waals surface area contributed by atoms with Gasteiger partial charge in [0.2, 0.25) is 11.8 Å². The van der Waals surface area contributed by atoms with E-state index in [2.05, 4.69) is 11.4 Å². The minimum atomic E-state index is -0.446. The maximum Gasteiger partial charge on any atom is 0.229 e. The highest BCUT2D eigenvalue weighted by atomic mass is 35.5. The molecule has 2 amide bonds. The third kappa shape index (κ3) is 3.65. The number of benzene rings is 2. The topological polar surface area (TPSA) is 73.2 Å². The molecular formula is C19H16ClN3O2. The number of nitrogens with one attached hydrogen (secondary N) is 1. The Morgan fingerprint density at radius 1 is 1.32 bits per heavy atom. The summed E-state index contributed by atoms with van der Waals surface area (Å²) in [4.78, 5) is 26.3. The van der Waals surface area contributed by atoms with E-state index in [4.69, 9.17) is 16.9 Å². The number of nitriles is 1. The van der Waals surface area contributed by atoms with E-state index in [-0.39, 0.29) is 18.2 Å². The second-order valence-electron chi connectivity index (χ2n) is 6.02. The van der Waals surface area contributed by atoms with Gasteiger partial charge in [0.05, 0.1) is 17.6 Å². The average Bonchev–Trinajstić information content (AvgIpc) is 3.00. The first-order chi connectivity index (χ1) is 12.0. The fraction of sp³-hybridized carbons (Fsp3) is 0.211. The molecule has 6 heteroatoms. The highest BCUT2D eigenvalue weighted by Gasteiger charge is 2.35. The zero-order valence-corrected chi connectivity index (χ0v) is 14.4. The second-order valence-corrected chi connectivity index (χ2v) is 6.43. The molecular weight excluding hydrogens is 338 g/mol. The van der Waals surface area contributed by atoms with Crippen molar-refractivity contribution in [2.45, 2.75) is 13.3 Å². The van der Waals surface area contributed by atoms with E-state index in [1.165, 1.54) is 0 Å². The van der Waals surface area contributed by atoms with Crippen LogP contribution in [0, 0.1) is 24.2 Å². The molecule has 2 aromatic rings. The van der Waals surface area contributed by atoms with E-state index in [9.17, 15) is 9.59 Å². The Hall–Kier alpha value is -2.84. The second kappa shape index (κ2) is 6.96. The van der Waals surface area contributed by atoms with Gasteiger partial charge < -0.3 is 10.2 Å². The molecule has 1 saturated heterocycles. The van der Waals surface area contributed by atoms with Gasteiger partial charge in [0, 0.05) is 29.4 Å². The molecule has 0 spiro atoms. The first kappa shape index (κ1) is 17.0. The normalized spacial score (nSPS) is 16.6. The molecule has 25 heavy (non-hydrogen) atoms. The molecule has 0 saturated carbocycles. The molecule has 1 aliphatic rings. The summed E-state index contributed by atoms with van der Waals surface area (Å²) in [5.74, 6) is -0.789. The van der Waals surface area contributed by atoms with Gasteiger partial charge in [-0.2, -0.15) is 5.26 Å². The van der Waals surface area contributed by atoms with Crippen LogP contribution >= 0.6 is 11.6 Å². The number of amides is 2. The molecule has 0 aliphatic carbocycles. The quantitative estimate of drug-likeness (QED) is 0.917. The lowest BCUT2D eigenvalue weighted by atomic mass is 10.1. The van der Waals surface area contributed by atoms with Crippen LogP contribution in [0.25, 0.3) is 0 Å². The number of carbonyl (C=O) groups is 2. The third-order valence-electron chi connectivity index (χ3n) is 4.22. The molecule has 3 rings (SSSR count). The molecule has 1 unspecified atom stereocenters. The van der Waals surface area contributed by atoms with Crippen molar-refractivity contribution in [2.75, 3.05) is 16.8 Å². The lowest BCUT2D eigenvalue weighted by Crippen LogP contribution is -2.28. The number of hydrogen-bond donors (Lipinski definition) is 1. The van der Waals surface area contributed by atoms with Crippen molar-refractivity contribution in [3.63, 3.8) is 0 Å². The molecule has 126 valence electrons. The van der Waals surface area contributed by atoms with Crippen LogP contribution in [0.15, 0.2) is 42.5 Å². The van der Waals surface area contributed by atoms with Crippen molar-refractivity contribution in [2.24, 2.45) is 5.92 Å². The van der Waals surface area contributed by atoms with E-state index in [0.717, 1.165) is 5.56 Å². The Morgan fingerprint density at radius 3 is 2.84 bits per heavy atom. The van der Waals surface area contributed by atoms with Crippen LogP contribution in [0.5, 0.6) is 0 Å². The molecule has 2 aromatic carbocycles. The van der Waals surface area contributed by atoms with Gasteiger partial charge in [-0.15, -0.1) is 0 Å². The molecule has 1 N–H and O–H groups in total. The van der Waals surface area contributed by atoms with Crippen molar-refractivity contribution in [3.05, 3.63) is 58.6 Å². The highest BCUT2D eigenvalue weighted by Crippen LogP contribution is 2.27. The van der Waals surface area contributed by atoms with Gasteiger partial charge >= 0.3 is 0 Å². The Labute approximate surface area is 150 Å². The number of halogens is 1. The van der Waals surface area contributed by atoms with Gasteiger partial charge in [-0.1, -0.05) is 23.7 Å². The Morgan fingerprint density at radius 2 is 2.12 bits per heavy atom. The largest absolute Gasteiger partial charge is 0.326 e. The lowest BCUT2D eigenvalue weighted by Gasteiger charge is -2.17. The summed E-state index contributed by atoms with van der Waals surface area (Å²) in [7, 11) is 0.